The Morgan fingerprint density at radius 2 is 1.97 bits per heavy atom. The Morgan fingerprint density at radius 1 is 1.21 bits per heavy atom. The molecule has 1 aliphatic heterocycles. The second kappa shape index (κ2) is 10.5. The van der Waals surface area contributed by atoms with Crippen LogP contribution in [0.3, 0.4) is 0 Å². The highest BCUT2D eigenvalue weighted by Gasteiger charge is 2.29. The number of carboxylic acid groups (broad SMARTS) is 1. The Morgan fingerprint density at radius 3 is 2.65 bits per heavy atom. The van der Waals surface area contributed by atoms with Gasteiger partial charge >= 0.3 is 5.97 Å². The minimum Gasteiger partial charge on any atom is -0.481 e. The summed E-state index contributed by atoms with van der Waals surface area (Å²) in [5.74, 6) is 0.792. The number of para-hydroxylation sites is 2. The van der Waals surface area contributed by atoms with E-state index in [1.165, 1.54) is 16.9 Å². The van der Waals surface area contributed by atoms with Gasteiger partial charge in [0, 0.05) is 38.3 Å². The minimum atomic E-state index is -0.868. The zero-order valence-electron chi connectivity index (χ0n) is 20.5. The molecule has 6 nitrogen and oxygen atoms in total. The van der Waals surface area contributed by atoms with Crippen LogP contribution in [0.4, 0.5) is 0 Å². The van der Waals surface area contributed by atoms with E-state index in [0.717, 1.165) is 56.6 Å². The summed E-state index contributed by atoms with van der Waals surface area (Å²) in [6.07, 6.45) is 5.36. The van der Waals surface area contributed by atoms with Crippen LogP contribution >= 0.6 is 0 Å². The highest BCUT2D eigenvalue weighted by Crippen LogP contribution is 2.28. The van der Waals surface area contributed by atoms with Gasteiger partial charge in [-0.2, -0.15) is 0 Å². The van der Waals surface area contributed by atoms with Crippen LogP contribution in [-0.2, 0) is 27.9 Å². The molecular weight excluding hydrogens is 426 g/mol. The molecule has 1 aromatic heterocycles. The third-order valence-electron chi connectivity index (χ3n) is 7.02. The Bertz CT molecular complexity index is 1160. The maximum atomic E-state index is 11.5. The molecule has 0 aliphatic carbocycles. The van der Waals surface area contributed by atoms with Crippen molar-refractivity contribution in [2.45, 2.75) is 57.9 Å². The second-order valence-electron chi connectivity index (χ2n) is 9.62. The van der Waals surface area contributed by atoms with Gasteiger partial charge in [-0.3, -0.25) is 4.79 Å². The Labute approximate surface area is 201 Å². The molecule has 0 bridgehead atoms. The van der Waals surface area contributed by atoms with Crippen LogP contribution in [0.5, 0.6) is 0 Å². The topological polar surface area (TPSA) is 67.4 Å². The first kappa shape index (κ1) is 24.1. The van der Waals surface area contributed by atoms with Crippen LogP contribution in [0.25, 0.3) is 11.0 Å². The summed E-state index contributed by atoms with van der Waals surface area (Å²) in [7, 11) is 0. The van der Waals surface area contributed by atoms with E-state index in [2.05, 4.69) is 51.8 Å². The number of benzene rings is 2. The molecule has 2 aromatic carbocycles. The standard InChI is InChI=1S/C28H35N3O3/c1-4-34-20-19-31-25-8-6-5-7-24(25)29-26(31)22-14-17-30(18-15-22)16-13-21-9-11-23(12-10-21)28(2,3)27(32)33/h5-12,17,22H,4,13-16,18-20H2,1-3H3/p+1. The van der Waals surface area contributed by atoms with Crippen LogP contribution in [0, 0.1) is 0 Å². The van der Waals surface area contributed by atoms with Crippen LogP contribution in [0.2, 0.25) is 0 Å². The molecule has 1 N–H and O–H groups in total. The molecule has 180 valence electrons. The quantitative estimate of drug-likeness (QED) is 0.352. The van der Waals surface area contributed by atoms with E-state index in [-0.39, 0.29) is 0 Å². The molecular formula is C28H36N3O3+. The van der Waals surface area contributed by atoms with E-state index in [4.69, 9.17) is 9.72 Å². The van der Waals surface area contributed by atoms with Gasteiger partial charge in [-0.05, 0) is 44.0 Å². The molecule has 3 aromatic rings. The van der Waals surface area contributed by atoms with Gasteiger partial charge in [0.25, 0.3) is 0 Å². The molecule has 1 unspecified atom stereocenters. The van der Waals surface area contributed by atoms with Crippen molar-refractivity contribution in [3.63, 3.8) is 0 Å². The summed E-state index contributed by atoms with van der Waals surface area (Å²) in [6.45, 7) is 9.77. The van der Waals surface area contributed by atoms with Crippen molar-refractivity contribution in [2.24, 2.45) is 0 Å². The van der Waals surface area contributed by atoms with Gasteiger partial charge in [0.05, 0.1) is 23.1 Å². The lowest BCUT2D eigenvalue weighted by atomic mass is 9.84. The van der Waals surface area contributed by atoms with Crippen LogP contribution in [0.1, 0.15) is 56.5 Å². The number of nitrogens with zero attached hydrogens (tertiary/aromatic N) is 3. The summed E-state index contributed by atoms with van der Waals surface area (Å²) in [4.78, 5) is 16.5. The van der Waals surface area contributed by atoms with Crippen molar-refractivity contribution in [3.05, 3.63) is 65.5 Å². The van der Waals surface area contributed by atoms with E-state index in [1.54, 1.807) is 13.8 Å². The van der Waals surface area contributed by atoms with E-state index in [0.29, 0.717) is 12.5 Å². The third kappa shape index (κ3) is 5.22. The summed E-state index contributed by atoms with van der Waals surface area (Å²) < 4.78 is 10.4. The van der Waals surface area contributed by atoms with Crippen molar-refractivity contribution >= 4 is 23.2 Å². The van der Waals surface area contributed by atoms with Gasteiger partial charge in [-0.1, -0.05) is 36.4 Å². The van der Waals surface area contributed by atoms with Gasteiger partial charge in [0.1, 0.15) is 25.1 Å². The van der Waals surface area contributed by atoms with Gasteiger partial charge in [-0.25, -0.2) is 9.56 Å². The van der Waals surface area contributed by atoms with Gasteiger partial charge in [0.15, 0.2) is 0 Å². The summed E-state index contributed by atoms with van der Waals surface area (Å²) in [6, 6.07) is 16.4. The fourth-order valence-electron chi connectivity index (χ4n) is 4.67. The number of hydrogen-bond donors (Lipinski definition) is 1. The molecule has 0 radical (unpaired) electrons. The summed E-state index contributed by atoms with van der Waals surface area (Å²) in [5.41, 5.74) is 3.45. The van der Waals surface area contributed by atoms with Crippen molar-refractivity contribution < 1.29 is 19.2 Å². The fourth-order valence-corrected chi connectivity index (χ4v) is 4.67. The largest absolute Gasteiger partial charge is 0.481 e. The van der Waals surface area contributed by atoms with Crippen LogP contribution in [-0.4, -0.2) is 57.7 Å². The first-order valence-electron chi connectivity index (χ1n) is 12.3. The number of ether oxygens (including phenoxy) is 1. The number of rotatable bonds is 10. The molecule has 1 atom stereocenters. The highest BCUT2D eigenvalue weighted by atomic mass is 16.5. The lowest BCUT2D eigenvalue weighted by molar-refractivity contribution is -0.528. The first-order chi connectivity index (χ1) is 16.4. The molecule has 1 aliphatic rings. The number of carbonyl (C=O) groups is 1. The number of fused-ring (bicyclic) bond motifs is 1. The number of hydrogen-bond acceptors (Lipinski definition) is 3. The Hall–Kier alpha value is -2.99. The smallest absolute Gasteiger partial charge is 0.313 e. The maximum Gasteiger partial charge on any atom is 0.313 e. The molecule has 4 rings (SSSR count). The van der Waals surface area contributed by atoms with Crippen molar-refractivity contribution in [3.8, 4) is 0 Å². The van der Waals surface area contributed by atoms with E-state index < -0.39 is 11.4 Å². The van der Waals surface area contributed by atoms with E-state index >= 15 is 0 Å². The molecule has 0 saturated carbocycles. The molecule has 2 heterocycles. The number of carboxylic acids is 1. The number of aromatic nitrogens is 2. The molecule has 0 saturated heterocycles. The van der Waals surface area contributed by atoms with Gasteiger partial charge in [0.2, 0.25) is 0 Å². The average molecular weight is 463 g/mol. The minimum absolute atomic E-state index is 0.419. The zero-order valence-corrected chi connectivity index (χ0v) is 20.5. The lowest BCUT2D eigenvalue weighted by Gasteiger charge is -2.20. The molecule has 0 spiro atoms. The van der Waals surface area contributed by atoms with E-state index in [9.17, 15) is 9.90 Å². The van der Waals surface area contributed by atoms with Crippen molar-refractivity contribution in [1.29, 1.82) is 0 Å². The second-order valence-corrected chi connectivity index (χ2v) is 9.62. The van der Waals surface area contributed by atoms with Crippen molar-refractivity contribution in [2.75, 3.05) is 26.3 Å². The lowest BCUT2D eigenvalue weighted by Crippen LogP contribution is -2.28. The summed E-state index contributed by atoms with van der Waals surface area (Å²) >= 11 is 0. The normalized spacial score (nSPS) is 16.6. The zero-order chi connectivity index (χ0) is 24.1. The summed E-state index contributed by atoms with van der Waals surface area (Å²) in [5, 5.41) is 9.43. The Balaban J connectivity index is 1.40. The van der Waals surface area contributed by atoms with Crippen LogP contribution in [0.15, 0.2) is 48.5 Å². The number of aliphatic carboxylic acids is 1. The monoisotopic (exact) mass is 462 g/mol. The Kier molecular flexibility index (Phi) is 7.47. The molecule has 6 heteroatoms. The SMILES string of the molecule is CCOCCn1c(C2CC=[N+](CCc3ccc(C(C)(C)C(=O)O)cc3)CC2)nc2ccccc21. The van der Waals surface area contributed by atoms with Crippen LogP contribution < -0.4 is 0 Å². The predicted octanol–water partition coefficient (Wildman–Crippen LogP) is 4.64. The molecule has 34 heavy (non-hydrogen) atoms. The third-order valence-corrected chi connectivity index (χ3v) is 7.02. The predicted molar refractivity (Wildman–Crippen MR) is 135 cm³/mol. The van der Waals surface area contributed by atoms with Crippen molar-refractivity contribution in [1.82, 2.24) is 9.55 Å². The van der Waals surface area contributed by atoms with E-state index in [1.807, 2.05) is 19.1 Å². The van der Waals surface area contributed by atoms with Gasteiger partial charge in [-0.15, -0.1) is 0 Å². The highest BCUT2D eigenvalue weighted by molar-refractivity contribution is 5.80. The molecule has 0 amide bonds. The molecule has 0 fully saturated rings. The number of imidazole rings is 1. The maximum absolute atomic E-state index is 11.5. The van der Waals surface area contributed by atoms with Gasteiger partial charge < -0.3 is 14.4 Å². The fraction of sp³-hybridized carbons (Fsp3) is 0.464. The average Bonchev–Trinajstić information content (AvgIpc) is 3.22. The first-order valence-corrected chi connectivity index (χ1v) is 12.3.